The van der Waals surface area contributed by atoms with Gasteiger partial charge in [-0.3, -0.25) is 4.90 Å². The number of rotatable bonds is 8. The summed E-state index contributed by atoms with van der Waals surface area (Å²) in [5.41, 5.74) is 0. The quantitative estimate of drug-likeness (QED) is 0.654. The molecule has 0 aromatic heterocycles. The zero-order valence-corrected chi connectivity index (χ0v) is 12.2. The van der Waals surface area contributed by atoms with Crippen LogP contribution in [0.5, 0.6) is 0 Å². The second-order valence-electron chi connectivity index (χ2n) is 5.54. The van der Waals surface area contributed by atoms with Crippen LogP contribution in [0.15, 0.2) is 0 Å². The Labute approximate surface area is 108 Å². The maximum Gasteiger partial charge on any atom is 0.00954 e. The zero-order chi connectivity index (χ0) is 12.5. The Bertz CT molecular complexity index is 182. The van der Waals surface area contributed by atoms with E-state index >= 15 is 0 Å². The van der Waals surface area contributed by atoms with E-state index in [1.54, 1.807) is 0 Å². The Morgan fingerprint density at radius 2 is 2.06 bits per heavy atom. The lowest BCUT2D eigenvalue weighted by Crippen LogP contribution is -2.44. The van der Waals surface area contributed by atoms with E-state index in [0.29, 0.717) is 0 Å². The summed E-state index contributed by atoms with van der Waals surface area (Å²) in [6, 6.07) is 1.64. The summed E-state index contributed by atoms with van der Waals surface area (Å²) in [6.45, 7) is 10.7. The molecular weight excluding hydrogens is 208 g/mol. The molecule has 0 aliphatic carbocycles. The first-order valence-corrected chi connectivity index (χ1v) is 7.76. The standard InChI is InChI=1S/C15H32N2/c1-4-11-16-12-8-9-14(3)17-13-7-6-10-15(17)5-2/h14-16H,4-13H2,1-3H3. The molecule has 1 fully saturated rings. The maximum absolute atomic E-state index is 3.50. The molecule has 1 rings (SSSR count). The van der Waals surface area contributed by atoms with Gasteiger partial charge < -0.3 is 5.32 Å². The fraction of sp³-hybridized carbons (Fsp3) is 1.00. The topological polar surface area (TPSA) is 15.3 Å². The number of hydrogen-bond acceptors (Lipinski definition) is 2. The Balaban J connectivity index is 2.18. The molecule has 0 radical (unpaired) electrons. The lowest BCUT2D eigenvalue weighted by Gasteiger charge is -2.39. The zero-order valence-electron chi connectivity index (χ0n) is 12.2. The van der Waals surface area contributed by atoms with Crippen LogP contribution in [0.4, 0.5) is 0 Å². The molecule has 2 heteroatoms. The van der Waals surface area contributed by atoms with Gasteiger partial charge in [-0.15, -0.1) is 0 Å². The van der Waals surface area contributed by atoms with Crippen LogP contribution in [0.2, 0.25) is 0 Å². The average Bonchev–Trinajstić information content (AvgIpc) is 2.38. The van der Waals surface area contributed by atoms with Gasteiger partial charge >= 0.3 is 0 Å². The van der Waals surface area contributed by atoms with Gasteiger partial charge in [0.25, 0.3) is 0 Å². The average molecular weight is 240 g/mol. The number of hydrogen-bond donors (Lipinski definition) is 1. The summed E-state index contributed by atoms with van der Waals surface area (Å²) in [6.07, 6.45) is 9.54. The van der Waals surface area contributed by atoms with Crippen molar-refractivity contribution in [2.75, 3.05) is 19.6 Å². The van der Waals surface area contributed by atoms with Crippen LogP contribution in [0.1, 0.15) is 65.7 Å². The van der Waals surface area contributed by atoms with Gasteiger partial charge in [-0.1, -0.05) is 20.3 Å². The molecule has 1 heterocycles. The van der Waals surface area contributed by atoms with Crippen molar-refractivity contribution >= 4 is 0 Å². The van der Waals surface area contributed by atoms with E-state index < -0.39 is 0 Å². The molecule has 0 saturated carbocycles. The molecule has 2 unspecified atom stereocenters. The van der Waals surface area contributed by atoms with Gasteiger partial charge in [0.15, 0.2) is 0 Å². The van der Waals surface area contributed by atoms with Crippen LogP contribution in [-0.4, -0.2) is 36.6 Å². The van der Waals surface area contributed by atoms with Crippen molar-refractivity contribution in [2.24, 2.45) is 0 Å². The van der Waals surface area contributed by atoms with Gasteiger partial charge in [-0.2, -0.15) is 0 Å². The minimum absolute atomic E-state index is 0.781. The molecule has 2 atom stereocenters. The molecule has 1 aliphatic heterocycles. The summed E-state index contributed by atoms with van der Waals surface area (Å²) in [7, 11) is 0. The maximum atomic E-state index is 3.50. The first-order chi connectivity index (χ1) is 8.29. The predicted molar refractivity (Wildman–Crippen MR) is 76.5 cm³/mol. The molecule has 1 N–H and O–H groups in total. The predicted octanol–water partition coefficient (Wildman–Crippen LogP) is 3.42. The first kappa shape index (κ1) is 15.0. The second-order valence-corrected chi connectivity index (χ2v) is 5.54. The summed E-state index contributed by atoms with van der Waals surface area (Å²) < 4.78 is 0. The van der Waals surface area contributed by atoms with Gasteiger partial charge in [0.2, 0.25) is 0 Å². The van der Waals surface area contributed by atoms with E-state index in [2.05, 4.69) is 31.0 Å². The molecule has 0 bridgehead atoms. The first-order valence-electron chi connectivity index (χ1n) is 7.76. The molecule has 1 aliphatic rings. The highest BCUT2D eigenvalue weighted by molar-refractivity contribution is 4.80. The highest BCUT2D eigenvalue weighted by Gasteiger charge is 2.24. The Hall–Kier alpha value is -0.0800. The fourth-order valence-electron chi connectivity index (χ4n) is 3.03. The smallest absolute Gasteiger partial charge is 0.00954 e. The fourth-order valence-corrected chi connectivity index (χ4v) is 3.03. The molecule has 0 aromatic rings. The van der Waals surface area contributed by atoms with E-state index in [1.165, 1.54) is 64.6 Å². The minimum atomic E-state index is 0.781. The van der Waals surface area contributed by atoms with E-state index in [1.807, 2.05) is 0 Å². The Morgan fingerprint density at radius 1 is 1.24 bits per heavy atom. The van der Waals surface area contributed by atoms with Gasteiger partial charge in [0.1, 0.15) is 0 Å². The van der Waals surface area contributed by atoms with Crippen LogP contribution in [0, 0.1) is 0 Å². The molecule has 0 amide bonds. The number of nitrogens with one attached hydrogen (secondary N) is 1. The number of likely N-dealkylation sites (tertiary alicyclic amines) is 1. The normalized spacial score (nSPS) is 23.8. The third-order valence-electron chi connectivity index (χ3n) is 4.11. The number of piperidine rings is 1. The Morgan fingerprint density at radius 3 is 2.76 bits per heavy atom. The molecular formula is C15H32N2. The van der Waals surface area contributed by atoms with E-state index in [-0.39, 0.29) is 0 Å². The monoisotopic (exact) mass is 240 g/mol. The third kappa shape index (κ3) is 5.39. The van der Waals surface area contributed by atoms with E-state index in [9.17, 15) is 0 Å². The van der Waals surface area contributed by atoms with Gasteiger partial charge in [-0.05, 0) is 65.1 Å². The van der Waals surface area contributed by atoms with Crippen LogP contribution < -0.4 is 5.32 Å². The molecule has 17 heavy (non-hydrogen) atoms. The molecule has 0 aromatic carbocycles. The van der Waals surface area contributed by atoms with Crippen molar-refractivity contribution in [3.05, 3.63) is 0 Å². The van der Waals surface area contributed by atoms with Crippen LogP contribution >= 0.6 is 0 Å². The van der Waals surface area contributed by atoms with Crippen LogP contribution in [0.3, 0.4) is 0 Å². The van der Waals surface area contributed by atoms with Crippen molar-refractivity contribution in [1.82, 2.24) is 10.2 Å². The highest BCUT2D eigenvalue weighted by Crippen LogP contribution is 2.23. The summed E-state index contributed by atoms with van der Waals surface area (Å²) >= 11 is 0. The molecule has 2 nitrogen and oxygen atoms in total. The van der Waals surface area contributed by atoms with Crippen molar-refractivity contribution in [1.29, 1.82) is 0 Å². The van der Waals surface area contributed by atoms with Crippen molar-refractivity contribution < 1.29 is 0 Å². The summed E-state index contributed by atoms with van der Waals surface area (Å²) in [5, 5.41) is 3.50. The largest absolute Gasteiger partial charge is 0.317 e. The van der Waals surface area contributed by atoms with Crippen LogP contribution in [0.25, 0.3) is 0 Å². The van der Waals surface area contributed by atoms with E-state index in [0.717, 1.165) is 12.1 Å². The van der Waals surface area contributed by atoms with Gasteiger partial charge in [0.05, 0.1) is 0 Å². The molecule has 0 spiro atoms. The molecule has 102 valence electrons. The summed E-state index contributed by atoms with van der Waals surface area (Å²) in [5.74, 6) is 0. The van der Waals surface area contributed by atoms with Gasteiger partial charge in [-0.25, -0.2) is 0 Å². The third-order valence-corrected chi connectivity index (χ3v) is 4.11. The number of nitrogens with zero attached hydrogens (tertiary/aromatic N) is 1. The van der Waals surface area contributed by atoms with Crippen molar-refractivity contribution in [2.45, 2.75) is 77.8 Å². The SMILES string of the molecule is CCCNCCCC(C)N1CCCCC1CC. The highest BCUT2D eigenvalue weighted by atomic mass is 15.2. The van der Waals surface area contributed by atoms with Gasteiger partial charge in [0, 0.05) is 12.1 Å². The second kappa shape index (κ2) is 8.93. The summed E-state index contributed by atoms with van der Waals surface area (Å²) in [4.78, 5) is 2.77. The minimum Gasteiger partial charge on any atom is -0.317 e. The van der Waals surface area contributed by atoms with E-state index in [4.69, 9.17) is 0 Å². The van der Waals surface area contributed by atoms with Crippen molar-refractivity contribution in [3.8, 4) is 0 Å². The van der Waals surface area contributed by atoms with Crippen molar-refractivity contribution in [3.63, 3.8) is 0 Å². The van der Waals surface area contributed by atoms with Crippen LogP contribution in [-0.2, 0) is 0 Å². The molecule has 1 saturated heterocycles. The lowest BCUT2D eigenvalue weighted by molar-refractivity contribution is 0.0944. The Kier molecular flexibility index (Phi) is 7.87. The lowest BCUT2D eigenvalue weighted by atomic mass is 9.97.